The van der Waals surface area contributed by atoms with E-state index in [1.165, 1.54) is 37.4 Å². The Morgan fingerprint density at radius 2 is 1.89 bits per heavy atom. The molecule has 152 valence electrons. The highest BCUT2D eigenvalue weighted by Crippen LogP contribution is 2.26. The Morgan fingerprint density at radius 3 is 2.57 bits per heavy atom. The Labute approximate surface area is 171 Å². The summed E-state index contributed by atoms with van der Waals surface area (Å²) in [6.45, 7) is 5.99. The molecule has 1 aromatic heterocycles. The van der Waals surface area contributed by atoms with Gasteiger partial charge in [-0.3, -0.25) is 14.2 Å². The molecule has 0 aliphatic heterocycles. The highest BCUT2D eigenvalue weighted by molar-refractivity contribution is 8.00. The van der Waals surface area contributed by atoms with Crippen LogP contribution < -0.4 is 10.9 Å². The van der Waals surface area contributed by atoms with Gasteiger partial charge in [0, 0.05) is 12.1 Å². The van der Waals surface area contributed by atoms with Crippen LogP contribution in [-0.2, 0) is 4.79 Å². The van der Waals surface area contributed by atoms with Crippen molar-refractivity contribution in [2.45, 2.75) is 88.2 Å². The van der Waals surface area contributed by atoms with Gasteiger partial charge in [-0.25, -0.2) is 4.98 Å². The van der Waals surface area contributed by atoms with Gasteiger partial charge in [-0.15, -0.1) is 0 Å². The summed E-state index contributed by atoms with van der Waals surface area (Å²) >= 11 is 1.38. The molecule has 0 radical (unpaired) electrons. The quantitative estimate of drug-likeness (QED) is 0.433. The molecule has 1 aliphatic rings. The fourth-order valence-corrected chi connectivity index (χ4v) is 4.75. The Morgan fingerprint density at radius 1 is 1.21 bits per heavy atom. The number of aromatic nitrogens is 2. The van der Waals surface area contributed by atoms with Crippen LogP contribution in [0, 0.1) is 0 Å². The van der Waals surface area contributed by atoms with Gasteiger partial charge in [-0.1, -0.05) is 56.5 Å². The molecule has 6 heteroatoms. The molecule has 1 heterocycles. The van der Waals surface area contributed by atoms with E-state index < -0.39 is 0 Å². The summed E-state index contributed by atoms with van der Waals surface area (Å²) < 4.78 is 1.75. The lowest BCUT2D eigenvalue weighted by Crippen LogP contribution is -2.39. The van der Waals surface area contributed by atoms with Gasteiger partial charge in [0.25, 0.3) is 5.56 Å². The summed E-state index contributed by atoms with van der Waals surface area (Å²) in [5, 5.41) is 4.17. The van der Waals surface area contributed by atoms with E-state index in [9.17, 15) is 9.59 Å². The molecule has 0 bridgehead atoms. The number of thioether (sulfide) groups is 1. The third kappa shape index (κ3) is 4.77. The highest BCUT2D eigenvalue weighted by atomic mass is 32.2. The minimum Gasteiger partial charge on any atom is -0.352 e. The lowest BCUT2D eigenvalue weighted by molar-refractivity contribution is -0.121. The Kier molecular flexibility index (Phi) is 7.16. The molecule has 3 rings (SSSR count). The number of hydrogen-bond donors (Lipinski definition) is 1. The zero-order valence-corrected chi connectivity index (χ0v) is 17.9. The second-order valence-electron chi connectivity index (χ2n) is 7.80. The van der Waals surface area contributed by atoms with Crippen molar-refractivity contribution in [2.24, 2.45) is 0 Å². The van der Waals surface area contributed by atoms with Gasteiger partial charge in [0.1, 0.15) is 0 Å². The van der Waals surface area contributed by atoms with Crippen molar-refractivity contribution in [1.82, 2.24) is 14.9 Å². The first-order valence-corrected chi connectivity index (χ1v) is 11.4. The minimum atomic E-state index is -0.299. The van der Waals surface area contributed by atoms with E-state index >= 15 is 0 Å². The predicted molar refractivity (Wildman–Crippen MR) is 116 cm³/mol. The Balaban J connectivity index is 1.83. The molecular weight excluding hydrogens is 370 g/mol. The topological polar surface area (TPSA) is 64.0 Å². The average molecular weight is 402 g/mol. The van der Waals surface area contributed by atoms with E-state index in [1.54, 1.807) is 4.57 Å². The average Bonchev–Trinajstić information content (AvgIpc) is 2.96. The fourth-order valence-electron chi connectivity index (χ4n) is 3.73. The number of carbonyl (C=O) groups is 1. The molecule has 2 atom stereocenters. The van der Waals surface area contributed by atoms with E-state index in [-0.39, 0.29) is 28.8 Å². The first-order chi connectivity index (χ1) is 13.5. The molecule has 0 saturated heterocycles. The monoisotopic (exact) mass is 401 g/mol. The van der Waals surface area contributed by atoms with Crippen molar-refractivity contribution < 1.29 is 4.79 Å². The SMILES string of the molecule is CC[C@@H](C)n1c(S[C@@H](C)C(=O)NC2CCCCCC2)nc2ccccc2c1=O. The largest absolute Gasteiger partial charge is 0.352 e. The smallest absolute Gasteiger partial charge is 0.262 e. The van der Waals surface area contributed by atoms with Gasteiger partial charge in [0.2, 0.25) is 5.91 Å². The van der Waals surface area contributed by atoms with Crippen molar-refractivity contribution >= 4 is 28.6 Å². The maximum Gasteiger partial charge on any atom is 0.262 e. The molecule has 1 N–H and O–H groups in total. The summed E-state index contributed by atoms with van der Waals surface area (Å²) in [6, 6.07) is 7.74. The van der Waals surface area contributed by atoms with E-state index in [0.29, 0.717) is 16.1 Å². The molecule has 1 amide bonds. The van der Waals surface area contributed by atoms with Gasteiger partial charge in [-0.05, 0) is 45.2 Å². The van der Waals surface area contributed by atoms with E-state index in [4.69, 9.17) is 4.98 Å². The molecule has 2 aromatic rings. The molecule has 5 nitrogen and oxygen atoms in total. The van der Waals surface area contributed by atoms with Crippen LogP contribution in [-0.4, -0.2) is 26.8 Å². The van der Waals surface area contributed by atoms with Gasteiger partial charge in [-0.2, -0.15) is 0 Å². The van der Waals surface area contributed by atoms with E-state index in [1.807, 2.05) is 38.1 Å². The Bertz CT molecular complexity index is 872. The van der Waals surface area contributed by atoms with E-state index in [2.05, 4.69) is 12.2 Å². The number of nitrogens with one attached hydrogen (secondary N) is 1. The van der Waals surface area contributed by atoms with Crippen molar-refractivity contribution in [3.63, 3.8) is 0 Å². The molecule has 1 aromatic carbocycles. The molecule has 1 aliphatic carbocycles. The van der Waals surface area contributed by atoms with Crippen LogP contribution >= 0.6 is 11.8 Å². The van der Waals surface area contributed by atoms with Crippen LogP contribution in [0.3, 0.4) is 0 Å². The molecular formula is C22H31N3O2S. The number of hydrogen-bond acceptors (Lipinski definition) is 4. The zero-order valence-electron chi connectivity index (χ0n) is 17.1. The first-order valence-electron chi connectivity index (χ1n) is 10.5. The molecule has 28 heavy (non-hydrogen) atoms. The number of amides is 1. The zero-order chi connectivity index (χ0) is 20.1. The van der Waals surface area contributed by atoms with Crippen molar-refractivity contribution in [3.05, 3.63) is 34.6 Å². The minimum absolute atomic E-state index is 0.0289. The van der Waals surface area contributed by atoms with Crippen LogP contribution in [0.2, 0.25) is 0 Å². The summed E-state index contributed by atoms with van der Waals surface area (Å²) in [5.74, 6) is 0.0370. The van der Waals surface area contributed by atoms with Crippen LogP contribution in [0.4, 0.5) is 0 Å². The number of fused-ring (bicyclic) bond motifs is 1. The number of benzene rings is 1. The highest BCUT2D eigenvalue weighted by Gasteiger charge is 2.23. The van der Waals surface area contributed by atoms with Gasteiger partial charge >= 0.3 is 0 Å². The molecule has 1 saturated carbocycles. The van der Waals surface area contributed by atoms with Crippen LogP contribution in [0.15, 0.2) is 34.2 Å². The molecule has 0 unspecified atom stereocenters. The number of carbonyl (C=O) groups excluding carboxylic acids is 1. The van der Waals surface area contributed by atoms with Crippen molar-refractivity contribution in [3.8, 4) is 0 Å². The number of rotatable bonds is 6. The Hall–Kier alpha value is -1.82. The summed E-state index contributed by atoms with van der Waals surface area (Å²) in [6.07, 6.45) is 7.86. The van der Waals surface area contributed by atoms with Gasteiger partial charge in [0.15, 0.2) is 5.16 Å². The van der Waals surface area contributed by atoms with Gasteiger partial charge in [0.05, 0.1) is 16.2 Å². The first kappa shape index (κ1) is 20.9. The van der Waals surface area contributed by atoms with Crippen LogP contribution in [0.25, 0.3) is 10.9 Å². The lowest BCUT2D eigenvalue weighted by Gasteiger charge is -2.22. The summed E-state index contributed by atoms with van der Waals surface area (Å²) in [4.78, 5) is 30.6. The second-order valence-corrected chi connectivity index (χ2v) is 9.11. The normalized spacial score (nSPS) is 17.8. The summed E-state index contributed by atoms with van der Waals surface area (Å²) in [5.41, 5.74) is 0.657. The van der Waals surface area contributed by atoms with Crippen LogP contribution in [0.1, 0.15) is 71.8 Å². The van der Waals surface area contributed by atoms with Crippen molar-refractivity contribution in [2.75, 3.05) is 0 Å². The number of para-hydroxylation sites is 1. The molecule has 0 spiro atoms. The maximum atomic E-state index is 13.1. The second kappa shape index (κ2) is 9.59. The molecule has 1 fully saturated rings. The standard InChI is InChI=1S/C22H31N3O2S/c1-4-15(2)25-21(27)18-13-9-10-14-19(18)24-22(25)28-16(3)20(26)23-17-11-7-5-6-8-12-17/h9-10,13-17H,4-8,11-12H2,1-3H3,(H,23,26)/t15-,16+/m1/s1. The van der Waals surface area contributed by atoms with Gasteiger partial charge < -0.3 is 5.32 Å². The van der Waals surface area contributed by atoms with E-state index in [0.717, 1.165) is 19.3 Å². The third-order valence-electron chi connectivity index (χ3n) is 5.66. The third-order valence-corrected chi connectivity index (χ3v) is 6.73. The number of nitrogens with zero attached hydrogens (tertiary/aromatic N) is 2. The predicted octanol–water partition coefficient (Wildman–Crippen LogP) is 4.69. The van der Waals surface area contributed by atoms with Crippen LogP contribution in [0.5, 0.6) is 0 Å². The summed E-state index contributed by atoms with van der Waals surface area (Å²) in [7, 11) is 0. The lowest BCUT2D eigenvalue weighted by atomic mass is 10.1. The fraction of sp³-hybridized carbons (Fsp3) is 0.591. The maximum absolute atomic E-state index is 13.1. The van der Waals surface area contributed by atoms with Crippen molar-refractivity contribution in [1.29, 1.82) is 0 Å².